The minimum Gasteiger partial charge on any atom is -0.465 e. The van der Waals surface area contributed by atoms with E-state index in [1.165, 1.54) is 32.1 Å². The van der Waals surface area contributed by atoms with Crippen LogP contribution in [0.1, 0.15) is 58.3 Å². The number of esters is 1. The molecule has 0 N–H and O–H groups in total. The summed E-state index contributed by atoms with van der Waals surface area (Å²) in [6, 6.07) is 0. The fourth-order valence-corrected chi connectivity index (χ4v) is 4.66. The number of hydrogen-bond acceptors (Lipinski definition) is 2. The van der Waals surface area contributed by atoms with Crippen LogP contribution in [0.15, 0.2) is 12.7 Å². The number of hydrogen-bond donors (Lipinski definition) is 0. The smallest absolute Gasteiger partial charge is 0.320 e. The van der Waals surface area contributed by atoms with Gasteiger partial charge in [0.25, 0.3) is 0 Å². The minimum atomic E-state index is -0.350. The second-order valence-electron chi connectivity index (χ2n) is 5.69. The molecule has 0 aromatic heterocycles. The summed E-state index contributed by atoms with van der Waals surface area (Å²) in [5.74, 6) is -0.200. The Morgan fingerprint density at radius 3 is 2.00 bits per heavy atom. The molecule has 0 heterocycles. The molecule has 0 amide bonds. The number of carbonyl (C=O) groups is 1. The second kappa shape index (κ2) is 15.4. The highest BCUT2D eigenvalue weighted by Crippen LogP contribution is 2.29. The van der Waals surface area contributed by atoms with Crippen LogP contribution in [0.4, 0.5) is 0 Å². The quantitative estimate of drug-likeness (QED) is 0.0961. The average molecular weight is 584 g/mol. The number of allylic oxidation sites excluding steroid dienone is 1. The Balaban J connectivity index is 3.64. The third kappa shape index (κ3) is 12.2. The minimum absolute atomic E-state index is 0.0278. The maximum atomic E-state index is 12.0. The molecule has 0 saturated heterocycles. The molecule has 0 aromatic rings. The van der Waals surface area contributed by atoms with Crippen LogP contribution in [-0.4, -0.2) is 31.9 Å². The summed E-state index contributed by atoms with van der Waals surface area (Å²) in [6.45, 7) is 6.28. The predicted molar refractivity (Wildman–Crippen MR) is 115 cm³/mol. The Hall–Kier alpha value is 1.13. The third-order valence-electron chi connectivity index (χ3n) is 3.54. The highest BCUT2D eigenvalue weighted by Gasteiger charge is 2.32. The third-order valence-corrected chi connectivity index (χ3v) is 9.65. The zero-order valence-electron chi connectivity index (χ0n) is 13.8. The molecule has 0 bridgehead atoms. The van der Waals surface area contributed by atoms with Crippen molar-refractivity contribution in [3.05, 3.63) is 12.7 Å². The van der Waals surface area contributed by atoms with Gasteiger partial charge in [-0.1, -0.05) is 109 Å². The molecule has 4 atom stereocenters. The Bertz CT molecular complexity index is 324. The molecular formula is C17H28Br4O2. The van der Waals surface area contributed by atoms with Crippen LogP contribution >= 0.6 is 63.7 Å². The first-order valence-corrected chi connectivity index (χ1v) is 11.9. The summed E-state index contributed by atoms with van der Waals surface area (Å²) in [4.78, 5) is 12.0. The lowest BCUT2D eigenvalue weighted by Crippen LogP contribution is -2.35. The van der Waals surface area contributed by atoms with Crippen LogP contribution in [0.5, 0.6) is 0 Å². The molecule has 0 radical (unpaired) electrons. The van der Waals surface area contributed by atoms with E-state index in [0.29, 0.717) is 6.61 Å². The van der Waals surface area contributed by atoms with Crippen LogP contribution in [0.25, 0.3) is 0 Å². The molecule has 0 rings (SSSR count). The number of carbonyl (C=O) groups excluding carboxylic acids is 1. The molecule has 0 fully saturated rings. The monoisotopic (exact) mass is 580 g/mol. The molecular weight excluding hydrogens is 556 g/mol. The molecule has 0 saturated carbocycles. The highest BCUT2D eigenvalue weighted by molar-refractivity contribution is 9.14. The molecule has 0 spiro atoms. The van der Waals surface area contributed by atoms with Crippen molar-refractivity contribution in [3.63, 3.8) is 0 Å². The lowest BCUT2D eigenvalue weighted by Gasteiger charge is -2.22. The summed E-state index contributed by atoms with van der Waals surface area (Å²) in [6.07, 6.45) is 11.5. The molecule has 6 heteroatoms. The van der Waals surface area contributed by atoms with Gasteiger partial charge in [-0.25, -0.2) is 0 Å². The van der Waals surface area contributed by atoms with Gasteiger partial charge < -0.3 is 4.74 Å². The first-order chi connectivity index (χ1) is 10.9. The standard InChI is InChI=1S/C17H28Br4O2/c1-3-4-5-6-7-8-9-10-11-12-23-17(22)16(21)15(20)14(19)13(2)18/h3,13-16H,1,4-12H2,2H3. The SMILES string of the molecule is C=CCCCCCCCCCOC(=O)C(Br)C(Br)C(Br)C(C)Br. The Labute approximate surface area is 175 Å². The predicted octanol–water partition coefficient (Wildman–Crippen LogP) is 6.91. The molecule has 2 nitrogen and oxygen atoms in total. The van der Waals surface area contributed by atoms with Crippen molar-refractivity contribution in [3.8, 4) is 0 Å². The van der Waals surface area contributed by atoms with Crippen molar-refractivity contribution in [1.29, 1.82) is 0 Å². The number of halogens is 4. The van der Waals surface area contributed by atoms with Gasteiger partial charge in [0.05, 0.1) is 11.4 Å². The Kier molecular flexibility index (Phi) is 16.1. The summed E-state index contributed by atoms with van der Waals surface area (Å²) >= 11 is 14.1. The molecule has 4 unspecified atom stereocenters. The average Bonchev–Trinajstić information content (AvgIpc) is 2.54. The zero-order chi connectivity index (χ0) is 17.7. The van der Waals surface area contributed by atoms with Gasteiger partial charge in [0, 0.05) is 9.65 Å². The fourth-order valence-electron chi connectivity index (χ4n) is 2.07. The van der Waals surface area contributed by atoms with Crippen LogP contribution < -0.4 is 0 Å². The first kappa shape index (κ1) is 24.1. The van der Waals surface area contributed by atoms with Crippen LogP contribution in [0.2, 0.25) is 0 Å². The van der Waals surface area contributed by atoms with E-state index in [2.05, 4.69) is 70.3 Å². The highest BCUT2D eigenvalue weighted by atomic mass is 79.9. The molecule has 0 aliphatic rings. The Morgan fingerprint density at radius 1 is 0.957 bits per heavy atom. The number of ether oxygens (including phenoxy) is 1. The van der Waals surface area contributed by atoms with E-state index in [0.717, 1.165) is 19.3 Å². The van der Waals surface area contributed by atoms with Crippen molar-refractivity contribution in [2.45, 2.75) is 77.6 Å². The normalized spacial score (nSPS) is 16.4. The zero-order valence-corrected chi connectivity index (χ0v) is 20.1. The first-order valence-electron chi connectivity index (χ1n) is 8.25. The summed E-state index contributed by atoms with van der Waals surface area (Å²) in [5.41, 5.74) is 0. The second-order valence-corrected chi connectivity index (χ2v) is 10.2. The van der Waals surface area contributed by atoms with E-state index >= 15 is 0 Å². The maximum absolute atomic E-state index is 12.0. The van der Waals surface area contributed by atoms with E-state index in [1.54, 1.807) is 0 Å². The van der Waals surface area contributed by atoms with Gasteiger partial charge in [-0.05, 0) is 19.3 Å². The van der Waals surface area contributed by atoms with Crippen LogP contribution in [-0.2, 0) is 9.53 Å². The van der Waals surface area contributed by atoms with E-state index < -0.39 is 0 Å². The number of rotatable bonds is 14. The molecule has 0 aromatic carbocycles. The van der Waals surface area contributed by atoms with Gasteiger partial charge in [-0.2, -0.15) is 0 Å². The fraction of sp³-hybridized carbons (Fsp3) is 0.824. The van der Waals surface area contributed by atoms with Gasteiger partial charge in [-0.15, -0.1) is 6.58 Å². The summed E-state index contributed by atoms with van der Waals surface area (Å²) < 4.78 is 5.35. The van der Waals surface area contributed by atoms with E-state index in [1.807, 2.05) is 13.0 Å². The van der Waals surface area contributed by atoms with Gasteiger partial charge in [-0.3, -0.25) is 4.79 Å². The topological polar surface area (TPSA) is 26.3 Å². The Morgan fingerprint density at radius 2 is 1.48 bits per heavy atom. The molecule has 0 aliphatic carbocycles. The van der Waals surface area contributed by atoms with Gasteiger partial charge in [0.2, 0.25) is 0 Å². The number of unbranched alkanes of at least 4 members (excludes halogenated alkanes) is 7. The van der Waals surface area contributed by atoms with Crippen LogP contribution in [0.3, 0.4) is 0 Å². The molecule has 136 valence electrons. The van der Waals surface area contributed by atoms with Crippen molar-refractivity contribution in [2.75, 3.05) is 6.61 Å². The van der Waals surface area contributed by atoms with Crippen molar-refractivity contribution < 1.29 is 9.53 Å². The molecule has 0 aliphatic heterocycles. The number of alkyl halides is 4. The van der Waals surface area contributed by atoms with E-state index in [4.69, 9.17) is 4.74 Å². The summed E-state index contributed by atoms with van der Waals surface area (Å²) in [7, 11) is 0. The van der Waals surface area contributed by atoms with Crippen molar-refractivity contribution in [1.82, 2.24) is 0 Å². The molecule has 23 heavy (non-hydrogen) atoms. The van der Waals surface area contributed by atoms with Crippen LogP contribution in [0, 0.1) is 0 Å². The van der Waals surface area contributed by atoms with Gasteiger partial charge in [0.1, 0.15) is 4.83 Å². The lowest BCUT2D eigenvalue weighted by molar-refractivity contribution is -0.142. The largest absolute Gasteiger partial charge is 0.465 e. The van der Waals surface area contributed by atoms with Crippen molar-refractivity contribution >= 4 is 69.7 Å². The lowest BCUT2D eigenvalue weighted by atomic mass is 10.1. The van der Waals surface area contributed by atoms with Crippen molar-refractivity contribution in [2.24, 2.45) is 0 Å². The van der Waals surface area contributed by atoms with Gasteiger partial charge in [0.15, 0.2) is 0 Å². The van der Waals surface area contributed by atoms with Gasteiger partial charge >= 0.3 is 5.97 Å². The maximum Gasteiger partial charge on any atom is 0.320 e. The van der Waals surface area contributed by atoms with E-state index in [-0.39, 0.29) is 25.3 Å². The summed E-state index contributed by atoms with van der Waals surface area (Å²) in [5, 5.41) is 0. The van der Waals surface area contributed by atoms with E-state index in [9.17, 15) is 4.79 Å².